The van der Waals surface area contributed by atoms with Crippen molar-refractivity contribution in [2.75, 3.05) is 40.0 Å². The van der Waals surface area contributed by atoms with E-state index >= 15 is 0 Å². The fourth-order valence-corrected chi connectivity index (χ4v) is 3.88. The lowest BCUT2D eigenvalue weighted by Gasteiger charge is -2.38. The number of guanidine groups is 1. The van der Waals surface area contributed by atoms with Crippen LogP contribution >= 0.6 is 24.0 Å². The second-order valence-corrected chi connectivity index (χ2v) is 7.25. The van der Waals surface area contributed by atoms with E-state index < -0.39 is 0 Å². The molecule has 1 aromatic carbocycles. The zero-order valence-corrected chi connectivity index (χ0v) is 18.7. The predicted molar refractivity (Wildman–Crippen MR) is 118 cm³/mol. The summed E-state index contributed by atoms with van der Waals surface area (Å²) in [6.07, 6.45) is 5.42. The Morgan fingerprint density at radius 3 is 2.70 bits per heavy atom. The van der Waals surface area contributed by atoms with Crippen LogP contribution in [0.2, 0.25) is 0 Å². The van der Waals surface area contributed by atoms with Crippen molar-refractivity contribution in [3.63, 3.8) is 0 Å². The average Bonchev–Trinajstić information content (AvgIpc) is 3.09. The molecule has 1 saturated heterocycles. The molecule has 1 aliphatic carbocycles. The quantitative estimate of drug-likeness (QED) is 0.350. The molecule has 2 aliphatic rings. The molecule has 1 heterocycles. The molecule has 2 N–H and O–H groups in total. The lowest BCUT2D eigenvalue weighted by molar-refractivity contribution is 0.151. The summed E-state index contributed by atoms with van der Waals surface area (Å²) in [5.41, 5.74) is 1.64. The molecule has 0 amide bonds. The standard InChI is InChI=1S/C20H31N3O3.HI/c1-3-21-19(23-10-9-20(15-23)7-4-8-20)22-14-16-5-6-17(26-12-11-24)18(13-16)25-2;/h5-6,13,24H,3-4,7-12,14-15H2,1-2H3,(H,21,22);1H. The highest BCUT2D eigenvalue weighted by Crippen LogP contribution is 2.47. The number of aliphatic imine (C=N–C) groups is 1. The van der Waals surface area contributed by atoms with Gasteiger partial charge in [-0.25, -0.2) is 4.99 Å². The van der Waals surface area contributed by atoms with Gasteiger partial charge in [-0.3, -0.25) is 0 Å². The Labute approximate surface area is 179 Å². The fraction of sp³-hybridized carbons (Fsp3) is 0.650. The monoisotopic (exact) mass is 489 g/mol. The number of aliphatic hydroxyl groups excluding tert-OH is 1. The highest BCUT2D eigenvalue weighted by molar-refractivity contribution is 14.0. The fourth-order valence-electron chi connectivity index (χ4n) is 3.88. The number of halogens is 1. The lowest BCUT2D eigenvalue weighted by Crippen LogP contribution is -2.42. The summed E-state index contributed by atoms with van der Waals surface area (Å²) in [5.74, 6) is 2.33. The van der Waals surface area contributed by atoms with Crippen LogP contribution in [-0.2, 0) is 6.54 Å². The van der Waals surface area contributed by atoms with E-state index in [-0.39, 0.29) is 37.2 Å². The number of nitrogens with one attached hydrogen (secondary N) is 1. The van der Waals surface area contributed by atoms with Gasteiger partial charge in [-0.05, 0) is 49.3 Å². The Hall–Kier alpha value is -1.22. The summed E-state index contributed by atoms with van der Waals surface area (Å²) in [6.45, 7) is 6.07. The van der Waals surface area contributed by atoms with Gasteiger partial charge in [0.25, 0.3) is 0 Å². The number of likely N-dealkylation sites (tertiary alicyclic amines) is 1. The van der Waals surface area contributed by atoms with Crippen LogP contribution in [0, 0.1) is 5.41 Å². The second kappa shape index (κ2) is 10.4. The molecule has 2 fully saturated rings. The van der Waals surface area contributed by atoms with Crippen molar-refractivity contribution in [3.05, 3.63) is 23.8 Å². The lowest BCUT2D eigenvalue weighted by atomic mass is 9.68. The zero-order chi connectivity index (χ0) is 18.4. The summed E-state index contributed by atoms with van der Waals surface area (Å²) in [6, 6.07) is 5.84. The van der Waals surface area contributed by atoms with Crippen molar-refractivity contribution >= 4 is 29.9 Å². The van der Waals surface area contributed by atoms with Crippen molar-refractivity contribution in [1.29, 1.82) is 0 Å². The Bertz CT molecular complexity index is 635. The molecule has 152 valence electrons. The summed E-state index contributed by atoms with van der Waals surface area (Å²) in [4.78, 5) is 7.27. The largest absolute Gasteiger partial charge is 0.493 e. The molecule has 1 aromatic rings. The first kappa shape index (κ1) is 22.1. The molecule has 1 aliphatic heterocycles. The van der Waals surface area contributed by atoms with E-state index in [9.17, 15) is 0 Å². The van der Waals surface area contributed by atoms with E-state index in [0.29, 0.717) is 23.5 Å². The Balaban J connectivity index is 0.00000261. The topological polar surface area (TPSA) is 66.3 Å². The van der Waals surface area contributed by atoms with Gasteiger partial charge in [0.05, 0.1) is 20.3 Å². The van der Waals surface area contributed by atoms with Crippen LogP contribution in [0.5, 0.6) is 11.5 Å². The SMILES string of the molecule is CCNC(=NCc1ccc(OCCO)c(OC)c1)N1CCC2(CCC2)C1.I. The number of benzene rings is 1. The number of aliphatic hydroxyl groups is 1. The highest BCUT2D eigenvalue weighted by atomic mass is 127. The molecule has 0 radical (unpaired) electrons. The Morgan fingerprint density at radius 2 is 2.11 bits per heavy atom. The third kappa shape index (κ3) is 5.40. The van der Waals surface area contributed by atoms with Crippen molar-refractivity contribution in [2.45, 2.75) is 39.2 Å². The molecule has 7 heteroatoms. The van der Waals surface area contributed by atoms with Gasteiger partial charge in [-0.1, -0.05) is 12.5 Å². The van der Waals surface area contributed by atoms with Gasteiger partial charge in [0, 0.05) is 19.6 Å². The molecule has 3 rings (SSSR count). The van der Waals surface area contributed by atoms with E-state index in [0.717, 1.165) is 31.2 Å². The van der Waals surface area contributed by atoms with Crippen LogP contribution in [0.1, 0.15) is 38.2 Å². The van der Waals surface area contributed by atoms with E-state index in [1.165, 1.54) is 25.7 Å². The van der Waals surface area contributed by atoms with E-state index in [1.807, 2.05) is 18.2 Å². The van der Waals surface area contributed by atoms with Crippen LogP contribution in [-0.4, -0.2) is 55.9 Å². The van der Waals surface area contributed by atoms with Crippen molar-refractivity contribution in [1.82, 2.24) is 10.2 Å². The van der Waals surface area contributed by atoms with E-state index in [2.05, 4.69) is 17.1 Å². The maximum atomic E-state index is 8.91. The minimum absolute atomic E-state index is 0. The maximum absolute atomic E-state index is 8.91. The van der Waals surface area contributed by atoms with Crippen LogP contribution in [0.15, 0.2) is 23.2 Å². The molecule has 0 atom stereocenters. The van der Waals surface area contributed by atoms with Gasteiger partial charge >= 0.3 is 0 Å². The van der Waals surface area contributed by atoms with Crippen molar-refractivity contribution in [2.24, 2.45) is 10.4 Å². The van der Waals surface area contributed by atoms with E-state index in [1.54, 1.807) is 7.11 Å². The van der Waals surface area contributed by atoms with Crippen LogP contribution in [0.25, 0.3) is 0 Å². The minimum Gasteiger partial charge on any atom is -0.493 e. The zero-order valence-electron chi connectivity index (χ0n) is 16.4. The number of ether oxygens (including phenoxy) is 2. The first-order valence-electron chi connectivity index (χ1n) is 9.63. The van der Waals surface area contributed by atoms with Gasteiger partial charge in [0.1, 0.15) is 6.61 Å². The third-order valence-corrected chi connectivity index (χ3v) is 5.48. The molecule has 0 bridgehead atoms. The predicted octanol–water partition coefficient (Wildman–Crippen LogP) is 3.03. The molecule has 0 unspecified atom stereocenters. The number of nitrogens with zero attached hydrogens (tertiary/aromatic N) is 2. The van der Waals surface area contributed by atoms with Crippen molar-refractivity contribution in [3.8, 4) is 11.5 Å². The van der Waals surface area contributed by atoms with E-state index in [4.69, 9.17) is 19.6 Å². The second-order valence-electron chi connectivity index (χ2n) is 7.25. The average molecular weight is 489 g/mol. The molecule has 6 nitrogen and oxygen atoms in total. The molecule has 1 spiro atoms. The number of rotatable bonds is 7. The Kier molecular flexibility index (Phi) is 8.47. The molecular formula is C20H32IN3O3. The minimum atomic E-state index is -0.0153. The summed E-state index contributed by atoms with van der Waals surface area (Å²) in [7, 11) is 1.63. The van der Waals surface area contributed by atoms with Crippen LogP contribution < -0.4 is 14.8 Å². The summed E-state index contributed by atoms with van der Waals surface area (Å²) in [5, 5.41) is 12.3. The number of methoxy groups -OCH3 is 1. The summed E-state index contributed by atoms with van der Waals surface area (Å²) >= 11 is 0. The number of hydrogen-bond acceptors (Lipinski definition) is 4. The molecule has 27 heavy (non-hydrogen) atoms. The van der Waals surface area contributed by atoms with Gasteiger partial charge in [-0.2, -0.15) is 0 Å². The maximum Gasteiger partial charge on any atom is 0.194 e. The Morgan fingerprint density at radius 1 is 1.30 bits per heavy atom. The molecule has 0 aromatic heterocycles. The summed E-state index contributed by atoms with van der Waals surface area (Å²) < 4.78 is 10.9. The van der Waals surface area contributed by atoms with Gasteiger partial charge in [-0.15, -0.1) is 24.0 Å². The van der Waals surface area contributed by atoms with Crippen LogP contribution in [0.4, 0.5) is 0 Å². The van der Waals surface area contributed by atoms with Gasteiger partial charge in [0.15, 0.2) is 17.5 Å². The highest BCUT2D eigenvalue weighted by Gasteiger charge is 2.43. The third-order valence-electron chi connectivity index (χ3n) is 5.48. The number of hydrogen-bond donors (Lipinski definition) is 2. The smallest absolute Gasteiger partial charge is 0.194 e. The normalized spacial score (nSPS) is 18.0. The molecular weight excluding hydrogens is 457 g/mol. The molecule has 1 saturated carbocycles. The van der Waals surface area contributed by atoms with Crippen LogP contribution in [0.3, 0.4) is 0 Å². The van der Waals surface area contributed by atoms with Gasteiger partial charge < -0.3 is 24.8 Å². The first-order valence-corrected chi connectivity index (χ1v) is 9.63. The van der Waals surface area contributed by atoms with Gasteiger partial charge in [0.2, 0.25) is 0 Å². The first-order chi connectivity index (χ1) is 12.7. The van der Waals surface area contributed by atoms with Crippen molar-refractivity contribution < 1.29 is 14.6 Å².